The molecule has 2 N–H and O–H groups in total. The largest absolute Gasteiger partial charge is 0.489 e. The molecule has 1 aromatic rings. The van der Waals surface area contributed by atoms with Crippen LogP contribution in [0.25, 0.3) is 0 Å². The normalized spacial score (nSPS) is 22.6. The van der Waals surface area contributed by atoms with Gasteiger partial charge in [-0.1, -0.05) is 6.92 Å². The molecule has 3 rings (SSSR count). The van der Waals surface area contributed by atoms with Crippen LogP contribution >= 0.6 is 0 Å². The molecule has 0 bridgehead atoms. The number of ether oxygens (including phenoxy) is 3. The molecule has 0 saturated carbocycles. The number of hydrogen-bond donors (Lipinski definition) is 1. The predicted molar refractivity (Wildman–Crippen MR) is 105 cm³/mol. The minimum Gasteiger partial charge on any atom is -0.489 e. The van der Waals surface area contributed by atoms with Crippen molar-refractivity contribution in [1.29, 1.82) is 0 Å². The molecule has 0 spiro atoms. The van der Waals surface area contributed by atoms with Crippen molar-refractivity contribution in [1.82, 2.24) is 9.97 Å². The number of hydrogen-bond acceptors (Lipinski definition) is 7. The molecule has 1 aliphatic carbocycles. The van der Waals surface area contributed by atoms with Crippen molar-refractivity contribution in [3.63, 3.8) is 0 Å². The third-order valence-electron chi connectivity index (χ3n) is 5.17. The van der Waals surface area contributed by atoms with Crippen LogP contribution in [-0.2, 0) is 14.2 Å². The lowest BCUT2D eigenvalue weighted by Gasteiger charge is -2.39. The van der Waals surface area contributed by atoms with Crippen LogP contribution < -0.4 is 10.6 Å². The van der Waals surface area contributed by atoms with E-state index < -0.39 is 0 Å². The fourth-order valence-corrected chi connectivity index (χ4v) is 3.45. The number of rotatable bonds is 8. The zero-order valence-electron chi connectivity index (χ0n) is 16.6. The lowest BCUT2D eigenvalue weighted by atomic mass is 9.87. The number of nitrogens with zero attached hydrogens (tertiary/aromatic N) is 3. The average Bonchev–Trinajstić information content (AvgIpc) is 2.62. The van der Waals surface area contributed by atoms with E-state index in [9.17, 15) is 0 Å². The summed E-state index contributed by atoms with van der Waals surface area (Å²) in [6.45, 7) is 6.40. The van der Waals surface area contributed by atoms with Gasteiger partial charge in [0.2, 0.25) is 0 Å². The summed E-state index contributed by atoms with van der Waals surface area (Å²) >= 11 is 0. The second-order valence-corrected chi connectivity index (χ2v) is 7.26. The van der Waals surface area contributed by atoms with Crippen LogP contribution in [0.1, 0.15) is 31.9 Å². The molecule has 0 amide bonds. The van der Waals surface area contributed by atoms with Crippen molar-refractivity contribution in [2.45, 2.75) is 44.4 Å². The highest BCUT2D eigenvalue weighted by Crippen LogP contribution is 2.32. The molecule has 2 heterocycles. The zero-order chi connectivity index (χ0) is 19.4. The second kappa shape index (κ2) is 8.82. The summed E-state index contributed by atoms with van der Waals surface area (Å²) in [6, 6.07) is 2.02. The van der Waals surface area contributed by atoms with E-state index >= 15 is 0 Å². The van der Waals surface area contributed by atoms with Crippen molar-refractivity contribution in [2.75, 3.05) is 38.8 Å². The van der Waals surface area contributed by atoms with Crippen molar-refractivity contribution in [3.8, 4) is 0 Å². The third kappa shape index (κ3) is 4.66. The maximum atomic E-state index is 6.38. The van der Waals surface area contributed by atoms with Crippen molar-refractivity contribution >= 4 is 5.82 Å². The van der Waals surface area contributed by atoms with E-state index in [1.54, 1.807) is 20.5 Å². The molecule has 148 valence electrons. The molecule has 7 nitrogen and oxygen atoms in total. The first-order chi connectivity index (χ1) is 13.0. The quantitative estimate of drug-likeness (QED) is 0.745. The van der Waals surface area contributed by atoms with Crippen molar-refractivity contribution in [2.24, 2.45) is 5.73 Å². The van der Waals surface area contributed by atoms with E-state index in [0.717, 1.165) is 42.4 Å². The summed E-state index contributed by atoms with van der Waals surface area (Å²) < 4.78 is 16.5. The van der Waals surface area contributed by atoms with Gasteiger partial charge in [0.1, 0.15) is 24.0 Å². The van der Waals surface area contributed by atoms with Crippen LogP contribution in [0.2, 0.25) is 0 Å². The molecule has 1 aliphatic heterocycles. The van der Waals surface area contributed by atoms with E-state index in [0.29, 0.717) is 6.61 Å². The van der Waals surface area contributed by atoms with E-state index in [1.807, 2.05) is 13.0 Å². The van der Waals surface area contributed by atoms with Crippen molar-refractivity contribution in [3.05, 3.63) is 41.6 Å². The predicted octanol–water partition coefficient (Wildman–Crippen LogP) is 2.01. The molecule has 3 unspecified atom stereocenters. The molecule has 7 heteroatoms. The lowest BCUT2D eigenvalue weighted by Crippen LogP contribution is -2.52. The van der Waals surface area contributed by atoms with Crippen LogP contribution in [0.5, 0.6) is 0 Å². The maximum absolute atomic E-state index is 6.38. The van der Waals surface area contributed by atoms with E-state index in [4.69, 9.17) is 19.9 Å². The highest BCUT2D eigenvalue weighted by Gasteiger charge is 2.29. The molecule has 1 fully saturated rings. The Morgan fingerprint density at radius 1 is 1.26 bits per heavy atom. The molecule has 1 saturated heterocycles. The van der Waals surface area contributed by atoms with Gasteiger partial charge in [-0.05, 0) is 31.1 Å². The smallest absolute Gasteiger partial charge is 0.132 e. The molecule has 3 atom stereocenters. The summed E-state index contributed by atoms with van der Waals surface area (Å²) in [5, 5.41) is 0. The molecule has 0 aromatic carbocycles. The van der Waals surface area contributed by atoms with Gasteiger partial charge in [0.05, 0.1) is 18.4 Å². The number of methoxy groups -OCH3 is 2. The second-order valence-electron chi connectivity index (χ2n) is 7.26. The zero-order valence-corrected chi connectivity index (χ0v) is 16.6. The number of nitrogens with two attached hydrogens (primary N) is 1. The minimum atomic E-state index is -0.0367. The Morgan fingerprint density at radius 2 is 2.04 bits per heavy atom. The highest BCUT2D eigenvalue weighted by atomic mass is 16.5. The topological polar surface area (TPSA) is 82.7 Å². The average molecular weight is 374 g/mol. The first-order valence-electron chi connectivity index (χ1n) is 9.44. The Kier molecular flexibility index (Phi) is 6.46. The first-order valence-corrected chi connectivity index (χ1v) is 9.44. The van der Waals surface area contributed by atoms with E-state index in [-0.39, 0.29) is 24.2 Å². The van der Waals surface area contributed by atoms with Crippen LogP contribution in [0, 0.1) is 0 Å². The van der Waals surface area contributed by atoms with Gasteiger partial charge in [0.15, 0.2) is 0 Å². The number of allylic oxidation sites excluding steroid dienone is 1. The van der Waals surface area contributed by atoms with Gasteiger partial charge in [-0.15, -0.1) is 0 Å². The number of aromatic nitrogens is 2. The third-order valence-corrected chi connectivity index (χ3v) is 5.17. The maximum Gasteiger partial charge on any atom is 0.132 e. The molecule has 27 heavy (non-hydrogen) atoms. The van der Waals surface area contributed by atoms with Crippen molar-refractivity contribution < 1.29 is 14.2 Å². The lowest BCUT2D eigenvalue weighted by molar-refractivity contribution is 0.0522. The Balaban J connectivity index is 1.73. The van der Waals surface area contributed by atoms with Gasteiger partial charge in [-0.2, -0.15) is 0 Å². The van der Waals surface area contributed by atoms with Crippen LogP contribution in [0.3, 0.4) is 0 Å². The highest BCUT2D eigenvalue weighted by molar-refractivity contribution is 5.45. The van der Waals surface area contributed by atoms with Gasteiger partial charge < -0.3 is 24.8 Å². The Morgan fingerprint density at radius 3 is 2.74 bits per heavy atom. The molecular formula is C20H30N4O3. The van der Waals surface area contributed by atoms with Crippen LogP contribution in [-0.4, -0.2) is 62.1 Å². The summed E-state index contributed by atoms with van der Waals surface area (Å²) in [7, 11) is 3.42. The summed E-state index contributed by atoms with van der Waals surface area (Å²) in [5.74, 6) is 1.88. The van der Waals surface area contributed by atoms with Gasteiger partial charge in [-0.3, -0.25) is 0 Å². The van der Waals surface area contributed by atoms with Crippen LogP contribution in [0.15, 0.2) is 35.9 Å². The molecule has 1 aromatic heterocycles. The van der Waals surface area contributed by atoms with Gasteiger partial charge in [-0.25, -0.2) is 9.97 Å². The van der Waals surface area contributed by atoms with Gasteiger partial charge in [0.25, 0.3) is 0 Å². The van der Waals surface area contributed by atoms with Gasteiger partial charge >= 0.3 is 0 Å². The standard InChI is InChI=1S/C20H30N4O3/c1-13(11-25-3)27-15-5-6-18(21)17(7-15)14(2)19-8-20(23-12-22-19)24-9-16(10-24)26-4/h5,7-8,12-14,16,18H,6,9-11,21H2,1-4H3. The minimum absolute atomic E-state index is 0.00539. The van der Waals surface area contributed by atoms with E-state index in [2.05, 4.69) is 33.9 Å². The monoisotopic (exact) mass is 374 g/mol. The van der Waals surface area contributed by atoms with Gasteiger partial charge in [0, 0.05) is 45.3 Å². The summed E-state index contributed by atoms with van der Waals surface area (Å²) in [6.07, 6.45) is 6.76. The summed E-state index contributed by atoms with van der Waals surface area (Å²) in [5.41, 5.74) is 8.47. The molecule has 2 aliphatic rings. The SMILES string of the molecule is COCC(C)OC1=CCC(N)C(C(C)c2cc(N3CC(OC)C3)ncn2)=C1. The summed E-state index contributed by atoms with van der Waals surface area (Å²) in [4.78, 5) is 11.1. The first kappa shape index (κ1) is 19.8. The van der Waals surface area contributed by atoms with Crippen LogP contribution in [0.4, 0.5) is 5.82 Å². The molecular weight excluding hydrogens is 344 g/mol. The Bertz CT molecular complexity index is 700. The van der Waals surface area contributed by atoms with E-state index in [1.165, 1.54) is 0 Å². The molecule has 0 radical (unpaired) electrons. The Labute approximate surface area is 161 Å². The fourth-order valence-electron chi connectivity index (χ4n) is 3.45. The fraction of sp³-hybridized carbons (Fsp3) is 0.600. The Hall–Kier alpha value is -1.96. The number of anilines is 1.